The third-order valence-corrected chi connectivity index (χ3v) is 4.33. The van der Waals surface area contributed by atoms with Gasteiger partial charge in [0.25, 0.3) is 0 Å². The largest absolute Gasteiger partial charge is 0.466 e. The van der Waals surface area contributed by atoms with Crippen molar-refractivity contribution in [2.24, 2.45) is 0 Å². The van der Waals surface area contributed by atoms with Crippen LogP contribution in [-0.2, 0) is 16.0 Å². The summed E-state index contributed by atoms with van der Waals surface area (Å²) in [4.78, 5) is 20.6. The van der Waals surface area contributed by atoms with Crippen LogP contribution in [0.25, 0.3) is 33.6 Å². The van der Waals surface area contributed by atoms with E-state index in [2.05, 4.69) is 9.97 Å². The molecule has 0 aliphatic carbocycles. The molecule has 0 spiro atoms. The minimum Gasteiger partial charge on any atom is -0.466 e. The highest BCUT2D eigenvalue weighted by Gasteiger charge is 2.22. The molecule has 2 aromatic carbocycles. The first-order valence-corrected chi connectivity index (χ1v) is 9.02. The number of nitrogens with two attached hydrogens (primary N) is 1. The second kappa shape index (κ2) is 7.52. The van der Waals surface area contributed by atoms with Gasteiger partial charge in [0.15, 0.2) is 0 Å². The normalized spacial score (nSPS) is 10.9. The molecule has 4 rings (SSSR count). The lowest BCUT2D eigenvalue weighted by molar-refractivity contribution is -0.142. The molecule has 2 N–H and O–H groups in total. The van der Waals surface area contributed by atoms with E-state index < -0.39 is 5.97 Å². The third kappa shape index (κ3) is 3.32. The highest BCUT2D eigenvalue weighted by molar-refractivity contribution is 6.05. The molecule has 6 nitrogen and oxygen atoms in total. The number of carbonyl (C=O) groups is 1. The Bertz CT molecular complexity index is 1120. The monoisotopic (exact) mass is 373 g/mol. The summed E-state index contributed by atoms with van der Waals surface area (Å²) in [6.07, 6.45) is -0.0595. The number of furan rings is 1. The molecule has 0 aliphatic rings. The van der Waals surface area contributed by atoms with E-state index in [1.165, 1.54) is 0 Å². The fourth-order valence-electron chi connectivity index (χ4n) is 3.17. The van der Waals surface area contributed by atoms with Gasteiger partial charge < -0.3 is 14.9 Å². The van der Waals surface area contributed by atoms with Gasteiger partial charge in [0.1, 0.15) is 23.8 Å². The van der Waals surface area contributed by atoms with Crippen LogP contribution in [0, 0.1) is 0 Å². The van der Waals surface area contributed by atoms with E-state index in [-0.39, 0.29) is 18.1 Å². The smallest absolute Gasteiger partial charge is 0.313 e. The summed E-state index contributed by atoms with van der Waals surface area (Å²) in [5, 5.41) is 0.637. The number of rotatable bonds is 5. The number of anilines is 1. The Labute approximate surface area is 162 Å². The molecule has 0 saturated heterocycles. The van der Waals surface area contributed by atoms with Crippen molar-refractivity contribution in [1.29, 1.82) is 0 Å². The van der Waals surface area contributed by atoms with Crippen molar-refractivity contribution < 1.29 is 13.9 Å². The van der Waals surface area contributed by atoms with Crippen LogP contribution in [0.4, 0.5) is 5.82 Å². The molecule has 2 heterocycles. The van der Waals surface area contributed by atoms with Crippen molar-refractivity contribution in [2.75, 3.05) is 12.3 Å². The maximum Gasteiger partial charge on any atom is 0.313 e. The average molecular weight is 373 g/mol. The fraction of sp³-hybridized carbons (Fsp3) is 0.136. The maximum atomic E-state index is 11.8. The number of benzene rings is 2. The highest BCUT2D eigenvalue weighted by Crippen LogP contribution is 2.41. The van der Waals surface area contributed by atoms with E-state index in [1.54, 1.807) is 6.92 Å². The molecule has 6 heteroatoms. The predicted molar refractivity (Wildman–Crippen MR) is 107 cm³/mol. The van der Waals surface area contributed by atoms with Gasteiger partial charge in [-0.2, -0.15) is 4.98 Å². The zero-order valence-electron chi connectivity index (χ0n) is 15.4. The van der Waals surface area contributed by atoms with Crippen LogP contribution in [0.5, 0.6) is 0 Å². The molecule has 0 bridgehead atoms. The molecule has 2 aromatic heterocycles. The third-order valence-electron chi connectivity index (χ3n) is 4.33. The van der Waals surface area contributed by atoms with Gasteiger partial charge in [0, 0.05) is 11.1 Å². The first-order valence-electron chi connectivity index (χ1n) is 9.02. The fourth-order valence-corrected chi connectivity index (χ4v) is 3.17. The van der Waals surface area contributed by atoms with E-state index in [9.17, 15) is 4.79 Å². The Balaban J connectivity index is 1.93. The summed E-state index contributed by atoms with van der Waals surface area (Å²) in [5.41, 5.74) is 9.32. The van der Waals surface area contributed by atoms with Crippen molar-refractivity contribution in [2.45, 2.75) is 13.3 Å². The lowest BCUT2D eigenvalue weighted by Gasteiger charge is -2.05. The Morgan fingerprint density at radius 2 is 1.64 bits per heavy atom. The first kappa shape index (κ1) is 17.7. The minimum atomic E-state index is -0.403. The number of esters is 1. The van der Waals surface area contributed by atoms with E-state index >= 15 is 0 Å². The number of hydrogen-bond acceptors (Lipinski definition) is 6. The van der Waals surface area contributed by atoms with Crippen LogP contribution in [0.2, 0.25) is 0 Å². The second-order valence-corrected chi connectivity index (χ2v) is 6.23. The van der Waals surface area contributed by atoms with Gasteiger partial charge in [-0.15, -0.1) is 0 Å². The molecule has 0 amide bonds. The topological polar surface area (TPSA) is 91.2 Å². The highest BCUT2D eigenvalue weighted by atomic mass is 16.5. The molecule has 4 aromatic rings. The van der Waals surface area contributed by atoms with Gasteiger partial charge in [-0.25, -0.2) is 4.98 Å². The Kier molecular flexibility index (Phi) is 4.76. The number of ether oxygens (including phenoxy) is 1. The van der Waals surface area contributed by atoms with Crippen molar-refractivity contribution in [1.82, 2.24) is 9.97 Å². The number of fused-ring (bicyclic) bond motifs is 1. The van der Waals surface area contributed by atoms with Crippen molar-refractivity contribution >= 4 is 22.9 Å². The zero-order chi connectivity index (χ0) is 19.5. The first-order chi connectivity index (χ1) is 13.7. The van der Waals surface area contributed by atoms with E-state index in [4.69, 9.17) is 14.9 Å². The molecule has 0 fully saturated rings. The van der Waals surface area contributed by atoms with Crippen LogP contribution in [0.3, 0.4) is 0 Å². The van der Waals surface area contributed by atoms with E-state index in [0.29, 0.717) is 23.5 Å². The summed E-state index contributed by atoms with van der Waals surface area (Å²) in [6, 6.07) is 19.6. The van der Waals surface area contributed by atoms with E-state index in [1.807, 2.05) is 60.7 Å². The van der Waals surface area contributed by atoms with Crippen LogP contribution in [0.15, 0.2) is 65.1 Å². The van der Waals surface area contributed by atoms with Crippen molar-refractivity contribution in [3.8, 4) is 22.5 Å². The lowest BCUT2D eigenvalue weighted by Crippen LogP contribution is -2.11. The molecule has 0 saturated carbocycles. The van der Waals surface area contributed by atoms with Gasteiger partial charge in [0.2, 0.25) is 5.71 Å². The van der Waals surface area contributed by atoms with Gasteiger partial charge >= 0.3 is 5.97 Å². The quantitative estimate of drug-likeness (QED) is 0.526. The van der Waals surface area contributed by atoms with Gasteiger partial charge in [0.05, 0.1) is 12.0 Å². The van der Waals surface area contributed by atoms with Gasteiger partial charge in [-0.3, -0.25) is 4.79 Å². The summed E-state index contributed by atoms with van der Waals surface area (Å²) in [7, 11) is 0. The van der Waals surface area contributed by atoms with E-state index in [0.717, 1.165) is 16.7 Å². The minimum absolute atomic E-state index is 0.0595. The van der Waals surface area contributed by atoms with Gasteiger partial charge in [-0.1, -0.05) is 60.7 Å². The summed E-state index contributed by atoms with van der Waals surface area (Å²) >= 11 is 0. The molecular weight excluding hydrogens is 354 g/mol. The molecule has 28 heavy (non-hydrogen) atoms. The van der Waals surface area contributed by atoms with Crippen LogP contribution in [-0.4, -0.2) is 22.5 Å². The average Bonchev–Trinajstić information content (AvgIpc) is 3.09. The Hall–Kier alpha value is -3.67. The summed E-state index contributed by atoms with van der Waals surface area (Å²) in [6.45, 7) is 2.05. The Morgan fingerprint density at radius 3 is 2.29 bits per heavy atom. The Morgan fingerprint density at radius 1 is 1.00 bits per heavy atom. The number of nitrogens with zero attached hydrogens (tertiary/aromatic N) is 2. The number of aromatic nitrogens is 2. The predicted octanol–water partition coefficient (Wildman–Crippen LogP) is 4.24. The molecule has 0 aliphatic heterocycles. The zero-order valence-corrected chi connectivity index (χ0v) is 15.4. The van der Waals surface area contributed by atoms with Crippen molar-refractivity contribution in [3.63, 3.8) is 0 Å². The molecule has 0 atom stereocenters. The van der Waals surface area contributed by atoms with Crippen LogP contribution < -0.4 is 5.73 Å². The van der Waals surface area contributed by atoms with Gasteiger partial charge in [-0.05, 0) is 12.5 Å². The standard InChI is InChI=1S/C22H19N3O3/c1-2-27-17(26)13-16-24-21(23)19-18(14-9-5-3-6-10-14)20(28-22(19)25-16)15-11-7-4-8-12-15/h3-12H,2,13H2,1H3,(H2,23,24,25). The maximum absolute atomic E-state index is 11.8. The number of nitrogen functional groups attached to an aromatic ring is 1. The number of hydrogen-bond donors (Lipinski definition) is 1. The van der Waals surface area contributed by atoms with Crippen LogP contribution >= 0.6 is 0 Å². The molecular formula is C22H19N3O3. The molecule has 0 radical (unpaired) electrons. The SMILES string of the molecule is CCOC(=O)Cc1nc(N)c2c(-c3ccccc3)c(-c3ccccc3)oc2n1. The molecule has 140 valence electrons. The summed E-state index contributed by atoms with van der Waals surface area (Å²) in [5.74, 6) is 0.806. The number of carbonyl (C=O) groups excluding carboxylic acids is 1. The second-order valence-electron chi connectivity index (χ2n) is 6.23. The lowest BCUT2D eigenvalue weighted by atomic mass is 9.99. The van der Waals surface area contributed by atoms with Crippen LogP contribution in [0.1, 0.15) is 12.7 Å². The molecule has 0 unspecified atom stereocenters. The summed E-state index contributed by atoms with van der Waals surface area (Å²) < 4.78 is 11.1. The van der Waals surface area contributed by atoms with Crippen molar-refractivity contribution in [3.05, 3.63) is 66.5 Å².